The normalized spacial score (nSPS) is 29.5. The van der Waals surface area contributed by atoms with Crippen molar-refractivity contribution in [2.45, 2.75) is 77.7 Å². The Labute approximate surface area is 206 Å². The minimum absolute atomic E-state index is 0.0791. The maximum absolute atomic E-state index is 14.0. The molecule has 1 amide bonds. The molecule has 2 fully saturated rings. The first-order valence-electron chi connectivity index (χ1n) is 12.8. The van der Waals surface area contributed by atoms with Crippen LogP contribution in [0.3, 0.4) is 0 Å². The van der Waals surface area contributed by atoms with Crippen molar-refractivity contribution in [2.75, 3.05) is 33.9 Å². The van der Waals surface area contributed by atoms with Gasteiger partial charge in [-0.3, -0.25) is 14.5 Å². The molecular weight excluding hydrogens is 459 g/mol. The van der Waals surface area contributed by atoms with Crippen LogP contribution in [0.2, 0.25) is 0 Å². The van der Waals surface area contributed by atoms with Crippen LogP contribution in [-0.4, -0.2) is 61.7 Å². The van der Waals surface area contributed by atoms with Gasteiger partial charge in [0.25, 0.3) is 0 Å². The third-order valence-electron chi connectivity index (χ3n) is 8.76. The van der Waals surface area contributed by atoms with Gasteiger partial charge >= 0.3 is 6.18 Å². The molecule has 9 heteroatoms. The Morgan fingerprint density at radius 2 is 2.09 bits per heavy atom. The molecule has 3 heterocycles. The number of amides is 1. The summed E-state index contributed by atoms with van der Waals surface area (Å²) in [6, 6.07) is 1.93. The van der Waals surface area contributed by atoms with Crippen LogP contribution in [0.25, 0.3) is 0 Å². The number of carbonyl (C=O) groups is 1. The van der Waals surface area contributed by atoms with Crippen molar-refractivity contribution in [1.82, 2.24) is 9.80 Å². The van der Waals surface area contributed by atoms with Gasteiger partial charge in [-0.1, -0.05) is 20.8 Å². The lowest BCUT2D eigenvalue weighted by atomic mass is 9.73. The van der Waals surface area contributed by atoms with E-state index in [0.29, 0.717) is 42.2 Å². The van der Waals surface area contributed by atoms with Crippen LogP contribution in [0.5, 0.6) is 0 Å². The minimum Gasteiger partial charge on any atom is -0.381 e. The average molecular weight is 499 g/mol. The van der Waals surface area contributed by atoms with Crippen molar-refractivity contribution < 1.29 is 32.3 Å². The van der Waals surface area contributed by atoms with Gasteiger partial charge in [0, 0.05) is 35.5 Å². The van der Waals surface area contributed by atoms with E-state index in [1.165, 1.54) is 17.9 Å². The molecule has 3 aliphatic rings. The number of aromatic nitrogens is 1. The molecule has 1 aromatic heterocycles. The summed E-state index contributed by atoms with van der Waals surface area (Å²) in [6.45, 7) is 8.63. The first kappa shape index (κ1) is 26.2. The lowest BCUT2D eigenvalue weighted by Gasteiger charge is -2.42. The fourth-order valence-corrected chi connectivity index (χ4v) is 6.50. The van der Waals surface area contributed by atoms with Gasteiger partial charge in [0.1, 0.15) is 12.7 Å². The number of hydrogen-bond donors (Lipinski definition) is 0. The molecule has 0 aromatic carbocycles. The average Bonchev–Trinajstić information content (AvgIpc) is 3.28. The molecule has 4 atom stereocenters. The molecule has 0 spiro atoms. The third-order valence-corrected chi connectivity index (χ3v) is 8.76. The van der Waals surface area contributed by atoms with E-state index in [0.717, 1.165) is 45.1 Å². The van der Waals surface area contributed by atoms with Gasteiger partial charge in [-0.05, 0) is 50.6 Å². The van der Waals surface area contributed by atoms with E-state index in [2.05, 4.69) is 32.7 Å². The second-order valence-electron chi connectivity index (χ2n) is 11.0. The molecule has 1 saturated heterocycles. The molecule has 0 N–H and O–H groups in total. The maximum Gasteiger partial charge on any atom is 0.422 e. The van der Waals surface area contributed by atoms with Gasteiger partial charge in [-0.25, -0.2) is 0 Å². The molecule has 4 rings (SSSR count). The molecule has 0 bridgehead atoms. The summed E-state index contributed by atoms with van der Waals surface area (Å²) in [4.78, 5) is 23.5. The van der Waals surface area contributed by atoms with E-state index in [-0.39, 0.29) is 18.4 Å². The zero-order chi connectivity index (χ0) is 25.5. The van der Waals surface area contributed by atoms with Crippen molar-refractivity contribution in [1.29, 1.82) is 0 Å². The molecule has 2 unspecified atom stereocenters. The molecule has 196 valence electrons. The second-order valence-corrected chi connectivity index (χ2v) is 11.0. The van der Waals surface area contributed by atoms with E-state index >= 15 is 0 Å². The molecule has 2 aliphatic heterocycles. The molecule has 1 saturated carbocycles. The Hall–Kier alpha value is -1.87. The number of ether oxygens (including phenoxy) is 1. The number of alkyl halides is 3. The molecule has 35 heavy (non-hydrogen) atoms. The molecule has 1 aliphatic carbocycles. The van der Waals surface area contributed by atoms with E-state index in [1.807, 2.05) is 0 Å². The van der Waals surface area contributed by atoms with Gasteiger partial charge in [0.05, 0.1) is 25.0 Å². The highest BCUT2D eigenvalue weighted by atomic mass is 19.4. The fraction of sp³-hybridized carbons (Fsp3) is 0.769. The van der Waals surface area contributed by atoms with Crippen LogP contribution in [0, 0.1) is 17.3 Å². The summed E-state index contributed by atoms with van der Waals surface area (Å²) in [5, 5.41) is 0. The smallest absolute Gasteiger partial charge is 0.381 e. The Bertz CT molecular complexity index is 938. The molecular formula is C26H39F3N3O3+. The molecule has 1 aromatic rings. The minimum atomic E-state index is -4.48. The van der Waals surface area contributed by atoms with E-state index in [4.69, 9.17) is 9.57 Å². The second kappa shape index (κ2) is 9.88. The first-order valence-corrected chi connectivity index (χ1v) is 12.8. The van der Waals surface area contributed by atoms with Crippen molar-refractivity contribution >= 4 is 5.91 Å². The van der Waals surface area contributed by atoms with Crippen LogP contribution >= 0.6 is 0 Å². The monoisotopic (exact) mass is 498 g/mol. The zero-order valence-electron chi connectivity index (χ0n) is 21.5. The van der Waals surface area contributed by atoms with Crippen LogP contribution in [-0.2, 0) is 28.7 Å². The SMILES string of the molecule is CO[n+]1cc(C(F)(F)F)cc2c1CCN(C(=O)[C@@]1(C(C)C)CC[C@@H](N(C)C3CCOCC3C)C1)C2. The lowest BCUT2D eigenvalue weighted by Crippen LogP contribution is -2.53. The number of halogens is 3. The Morgan fingerprint density at radius 3 is 2.71 bits per heavy atom. The Kier molecular flexibility index (Phi) is 7.40. The standard InChI is InChI=1S/C26H39F3N3O3/c1-17(2)25(9-6-21(13-25)30(4)22-8-11-35-16-18(22)3)24(33)31-10-7-23-19(14-31)12-20(26(27,28)29)15-32(23)34-5/h12,15,17-18,21-22H,6-11,13-14,16H2,1-5H3/q+1/t18?,21-,22?,25+/m1/s1. The quantitative estimate of drug-likeness (QED) is 0.584. The highest BCUT2D eigenvalue weighted by Crippen LogP contribution is 2.48. The fourth-order valence-electron chi connectivity index (χ4n) is 6.50. The van der Waals surface area contributed by atoms with Crippen LogP contribution in [0.15, 0.2) is 12.3 Å². The molecule has 6 nitrogen and oxygen atoms in total. The number of rotatable bonds is 5. The predicted molar refractivity (Wildman–Crippen MR) is 124 cm³/mol. The lowest BCUT2D eigenvalue weighted by molar-refractivity contribution is -0.891. The van der Waals surface area contributed by atoms with Crippen molar-refractivity contribution in [3.63, 3.8) is 0 Å². The summed E-state index contributed by atoms with van der Waals surface area (Å²) in [5.74, 6) is 0.676. The maximum atomic E-state index is 14.0. The summed E-state index contributed by atoms with van der Waals surface area (Å²) in [5.41, 5.74) is -0.0633. The van der Waals surface area contributed by atoms with E-state index < -0.39 is 17.2 Å². The predicted octanol–water partition coefficient (Wildman–Crippen LogP) is 3.49. The van der Waals surface area contributed by atoms with Gasteiger partial charge in [0.15, 0.2) is 0 Å². The largest absolute Gasteiger partial charge is 0.422 e. The van der Waals surface area contributed by atoms with Gasteiger partial charge in [-0.15, -0.1) is 0 Å². The summed E-state index contributed by atoms with van der Waals surface area (Å²) in [6.07, 6.45) is 0.516. The summed E-state index contributed by atoms with van der Waals surface area (Å²) < 4.78 is 47.3. The van der Waals surface area contributed by atoms with Gasteiger partial charge < -0.3 is 9.64 Å². The van der Waals surface area contributed by atoms with Gasteiger partial charge in [-0.2, -0.15) is 13.2 Å². The summed E-state index contributed by atoms with van der Waals surface area (Å²) in [7, 11) is 3.54. The Balaban J connectivity index is 1.55. The number of pyridine rings is 1. The summed E-state index contributed by atoms with van der Waals surface area (Å²) >= 11 is 0. The first-order chi connectivity index (χ1) is 16.5. The topological polar surface area (TPSA) is 45.9 Å². The van der Waals surface area contributed by atoms with E-state index in [9.17, 15) is 18.0 Å². The van der Waals surface area contributed by atoms with E-state index in [1.54, 1.807) is 4.90 Å². The Morgan fingerprint density at radius 1 is 1.34 bits per heavy atom. The van der Waals surface area contributed by atoms with Crippen LogP contribution < -0.4 is 9.57 Å². The third kappa shape index (κ3) is 4.90. The van der Waals surface area contributed by atoms with Crippen molar-refractivity contribution in [2.24, 2.45) is 17.3 Å². The highest BCUT2D eigenvalue weighted by Gasteiger charge is 2.51. The van der Waals surface area contributed by atoms with Crippen molar-refractivity contribution in [3.8, 4) is 0 Å². The number of fused-ring (bicyclic) bond motifs is 1. The zero-order valence-corrected chi connectivity index (χ0v) is 21.5. The van der Waals surface area contributed by atoms with Gasteiger partial charge in [0.2, 0.25) is 17.8 Å². The highest BCUT2D eigenvalue weighted by molar-refractivity contribution is 5.83. The molecule has 0 radical (unpaired) electrons. The van der Waals surface area contributed by atoms with Crippen molar-refractivity contribution in [3.05, 3.63) is 29.1 Å². The van der Waals surface area contributed by atoms with Crippen LogP contribution in [0.4, 0.5) is 13.2 Å². The number of carbonyl (C=O) groups excluding carboxylic acids is 1. The van der Waals surface area contributed by atoms with Crippen LogP contribution in [0.1, 0.15) is 63.3 Å². The number of hydrogen-bond acceptors (Lipinski definition) is 4. The number of nitrogens with zero attached hydrogens (tertiary/aromatic N) is 3.